The maximum Gasteiger partial charge on any atom is 0.416 e. The lowest BCUT2D eigenvalue weighted by Crippen LogP contribution is -2.19. The average Bonchev–Trinajstić information content (AvgIpc) is 2.57. The van der Waals surface area contributed by atoms with Crippen molar-refractivity contribution in [3.63, 3.8) is 0 Å². The highest BCUT2D eigenvalue weighted by molar-refractivity contribution is 6.11. The van der Waals surface area contributed by atoms with Crippen molar-refractivity contribution in [3.8, 4) is 5.75 Å². The lowest BCUT2D eigenvalue weighted by Gasteiger charge is -2.27. The summed E-state index contributed by atoms with van der Waals surface area (Å²) in [6.45, 7) is 10.8. The Bertz CT molecular complexity index is 971. The molecule has 170 valence electrons. The largest absolute Gasteiger partial charge is 0.507 e. The Balaban J connectivity index is 2.82. The molecule has 1 N–H and O–H groups in total. The van der Waals surface area contributed by atoms with Crippen molar-refractivity contribution in [3.05, 3.63) is 63.7 Å². The van der Waals surface area contributed by atoms with E-state index in [9.17, 15) is 36.2 Å². The Morgan fingerprint density at radius 3 is 1.48 bits per heavy atom. The van der Waals surface area contributed by atoms with Crippen molar-refractivity contribution in [1.29, 1.82) is 0 Å². The first-order valence-corrected chi connectivity index (χ1v) is 9.45. The van der Waals surface area contributed by atoms with Gasteiger partial charge in [0.2, 0.25) is 0 Å². The minimum Gasteiger partial charge on any atom is -0.507 e. The Morgan fingerprint density at radius 1 is 0.677 bits per heavy atom. The van der Waals surface area contributed by atoms with Crippen LogP contribution in [0.25, 0.3) is 0 Å². The minimum atomic E-state index is -5.08. The van der Waals surface area contributed by atoms with E-state index >= 15 is 0 Å². The standard InChI is InChI=1S/C23H24F6O2/c1-20(2,3)13-10-16(19(31)17(11-13)21(4,5)6)18(30)12-7-14(22(24,25)26)9-15(8-12)23(27,28)29/h7-11,31H,1-6H3. The first-order valence-electron chi connectivity index (χ1n) is 9.45. The van der Waals surface area contributed by atoms with Crippen LogP contribution in [0.2, 0.25) is 0 Å². The second-order valence-electron chi connectivity index (χ2n) is 9.54. The summed E-state index contributed by atoms with van der Waals surface area (Å²) in [5.41, 5.74) is -4.47. The van der Waals surface area contributed by atoms with Crippen LogP contribution in [0.5, 0.6) is 5.75 Å². The number of rotatable bonds is 2. The zero-order chi connectivity index (χ0) is 24.2. The van der Waals surface area contributed by atoms with Crippen LogP contribution in [0.4, 0.5) is 26.3 Å². The Labute approximate surface area is 176 Å². The van der Waals surface area contributed by atoms with Crippen LogP contribution in [0.1, 0.15) is 79.7 Å². The quantitative estimate of drug-likeness (QED) is 0.390. The smallest absolute Gasteiger partial charge is 0.416 e. The first-order chi connectivity index (χ1) is 13.7. The molecule has 0 unspecified atom stereocenters. The molecule has 0 amide bonds. The monoisotopic (exact) mass is 446 g/mol. The number of hydrogen-bond acceptors (Lipinski definition) is 2. The predicted octanol–water partition coefficient (Wildman–Crippen LogP) is 7.26. The summed E-state index contributed by atoms with van der Waals surface area (Å²) >= 11 is 0. The van der Waals surface area contributed by atoms with E-state index in [4.69, 9.17) is 0 Å². The number of ketones is 1. The molecule has 0 saturated heterocycles. The van der Waals surface area contributed by atoms with E-state index in [1.807, 2.05) is 20.8 Å². The molecule has 0 atom stereocenters. The molecule has 2 aromatic carbocycles. The van der Waals surface area contributed by atoms with Gasteiger partial charge in [-0.05, 0) is 40.7 Å². The van der Waals surface area contributed by atoms with Crippen LogP contribution in [-0.2, 0) is 23.2 Å². The summed E-state index contributed by atoms with van der Waals surface area (Å²) < 4.78 is 79.2. The lowest BCUT2D eigenvalue weighted by molar-refractivity contribution is -0.143. The van der Waals surface area contributed by atoms with Crippen LogP contribution in [0.15, 0.2) is 30.3 Å². The highest BCUT2D eigenvalue weighted by atomic mass is 19.4. The molecule has 0 aromatic heterocycles. The van der Waals surface area contributed by atoms with Gasteiger partial charge in [-0.2, -0.15) is 26.3 Å². The summed E-state index contributed by atoms with van der Waals surface area (Å²) in [6.07, 6.45) is -10.2. The van der Waals surface area contributed by atoms with Crippen LogP contribution in [0.3, 0.4) is 0 Å². The van der Waals surface area contributed by atoms with Gasteiger partial charge in [0.1, 0.15) is 5.75 Å². The molecule has 0 fully saturated rings. The van der Waals surface area contributed by atoms with Gasteiger partial charge < -0.3 is 5.11 Å². The third kappa shape index (κ3) is 5.40. The minimum absolute atomic E-state index is 0.0389. The number of alkyl halides is 6. The molecule has 0 heterocycles. The predicted molar refractivity (Wildman–Crippen MR) is 105 cm³/mol. The third-order valence-electron chi connectivity index (χ3n) is 4.88. The van der Waals surface area contributed by atoms with E-state index < -0.39 is 51.4 Å². The average molecular weight is 446 g/mol. The SMILES string of the molecule is CC(C)(C)c1cc(C(=O)c2cc(C(F)(F)F)cc(C(F)(F)F)c2)c(O)c(C(C)(C)C)c1. The zero-order valence-corrected chi connectivity index (χ0v) is 18.0. The van der Waals surface area contributed by atoms with Crippen molar-refractivity contribution in [2.24, 2.45) is 0 Å². The normalized spacial score (nSPS) is 13.4. The third-order valence-corrected chi connectivity index (χ3v) is 4.88. The Morgan fingerprint density at radius 2 is 1.13 bits per heavy atom. The summed E-state index contributed by atoms with van der Waals surface area (Å²) in [7, 11) is 0. The molecule has 0 spiro atoms. The number of halogens is 6. The molecule has 0 radical (unpaired) electrons. The van der Waals surface area contributed by atoms with Crippen molar-refractivity contribution < 1.29 is 36.2 Å². The number of carbonyl (C=O) groups excluding carboxylic acids is 1. The van der Waals surface area contributed by atoms with E-state index in [0.29, 0.717) is 23.3 Å². The number of phenols is 1. The van der Waals surface area contributed by atoms with E-state index in [2.05, 4.69) is 0 Å². The molecule has 0 aliphatic heterocycles. The van der Waals surface area contributed by atoms with Crippen molar-refractivity contribution >= 4 is 5.78 Å². The number of benzene rings is 2. The molecule has 2 aromatic rings. The van der Waals surface area contributed by atoms with E-state index in [0.717, 1.165) is 0 Å². The summed E-state index contributed by atoms with van der Waals surface area (Å²) in [4.78, 5) is 13.1. The van der Waals surface area contributed by atoms with Gasteiger partial charge in [0, 0.05) is 11.1 Å². The maximum absolute atomic E-state index is 13.2. The summed E-state index contributed by atoms with van der Waals surface area (Å²) in [5, 5.41) is 10.7. The van der Waals surface area contributed by atoms with Gasteiger partial charge in [0.05, 0.1) is 16.7 Å². The van der Waals surface area contributed by atoms with Crippen LogP contribution < -0.4 is 0 Å². The highest BCUT2D eigenvalue weighted by Crippen LogP contribution is 2.40. The van der Waals surface area contributed by atoms with Gasteiger partial charge in [-0.3, -0.25) is 4.79 Å². The van der Waals surface area contributed by atoms with Crippen LogP contribution in [0, 0.1) is 0 Å². The van der Waals surface area contributed by atoms with Crippen molar-refractivity contribution in [1.82, 2.24) is 0 Å². The molecule has 0 aliphatic rings. The van der Waals surface area contributed by atoms with Crippen molar-refractivity contribution in [2.75, 3.05) is 0 Å². The lowest BCUT2D eigenvalue weighted by atomic mass is 9.78. The molecule has 2 nitrogen and oxygen atoms in total. The number of aromatic hydroxyl groups is 1. The Kier molecular flexibility index (Phi) is 6.04. The maximum atomic E-state index is 13.2. The van der Waals surface area contributed by atoms with E-state index in [-0.39, 0.29) is 11.6 Å². The fraction of sp³-hybridized carbons (Fsp3) is 0.435. The van der Waals surface area contributed by atoms with E-state index in [1.165, 1.54) is 6.07 Å². The molecule has 0 bridgehead atoms. The van der Waals surface area contributed by atoms with E-state index in [1.54, 1.807) is 26.8 Å². The molecular formula is C23H24F6O2. The topological polar surface area (TPSA) is 37.3 Å². The number of phenolic OH excluding ortho intramolecular Hbond substituents is 1. The van der Waals surface area contributed by atoms with Crippen molar-refractivity contribution in [2.45, 2.75) is 64.7 Å². The summed E-state index contributed by atoms with van der Waals surface area (Å²) in [6, 6.07) is 3.72. The van der Waals surface area contributed by atoms with Crippen LogP contribution >= 0.6 is 0 Å². The zero-order valence-electron chi connectivity index (χ0n) is 18.0. The van der Waals surface area contributed by atoms with Gasteiger partial charge in [-0.15, -0.1) is 0 Å². The van der Waals surface area contributed by atoms with Gasteiger partial charge in [0.25, 0.3) is 0 Å². The van der Waals surface area contributed by atoms with Gasteiger partial charge >= 0.3 is 12.4 Å². The number of hydrogen-bond donors (Lipinski definition) is 1. The molecule has 0 aliphatic carbocycles. The first kappa shape index (κ1) is 24.8. The highest BCUT2D eigenvalue weighted by Gasteiger charge is 2.38. The second-order valence-corrected chi connectivity index (χ2v) is 9.54. The fourth-order valence-electron chi connectivity index (χ4n) is 3.05. The van der Waals surface area contributed by atoms with Gasteiger partial charge in [-0.1, -0.05) is 47.6 Å². The molecule has 2 rings (SSSR count). The fourth-order valence-corrected chi connectivity index (χ4v) is 3.05. The molecule has 31 heavy (non-hydrogen) atoms. The van der Waals surface area contributed by atoms with Gasteiger partial charge in [0.15, 0.2) is 5.78 Å². The molecule has 8 heteroatoms. The molecule has 0 saturated carbocycles. The van der Waals surface area contributed by atoms with Crippen LogP contribution in [-0.4, -0.2) is 10.9 Å². The molecular weight excluding hydrogens is 422 g/mol. The van der Waals surface area contributed by atoms with Gasteiger partial charge in [-0.25, -0.2) is 0 Å². The number of carbonyl (C=O) groups is 1. The Hall–Kier alpha value is -2.51. The summed E-state index contributed by atoms with van der Waals surface area (Å²) in [5.74, 6) is -1.58. The second kappa shape index (κ2) is 7.57.